The quantitative estimate of drug-likeness (QED) is 0.818. The summed E-state index contributed by atoms with van der Waals surface area (Å²) in [5.74, 6) is -0.0378. The fourth-order valence-electron chi connectivity index (χ4n) is 2.13. The zero-order valence-electron chi connectivity index (χ0n) is 9.92. The third kappa shape index (κ3) is 1.89. The number of ether oxygens (including phenoxy) is 2. The van der Waals surface area contributed by atoms with Crippen molar-refractivity contribution >= 4 is 6.16 Å². The van der Waals surface area contributed by atoms with Crippen LogP contribution in [0.1, 0.15) is 25.5 Å². The molecule has 4 heteroatoms. The fraction of sp³-hybridized carbons (Fsp3) is 0.462. The molecule has 1 N–H and O–H groups in total. The zero-order chi connectivity index (χ0) is 12.5. The number of aliphatic hydroxyl groups excluding tert-OH is 1. The van der Waals surface area contributed by atoms with Gasteiger partial charge in [0.15, 0.2) is 11.7 Å². The summed E-state index contributed by atoms with van der Waals surface area (Å²) in [7, 11) is 0. The number of carbonyl (C=O) groups excluding carboxylic acids is 1. The van der Waals surface area contributed by atoms with E-state index in [1.54, 1.807) is 0 Å². The minimum Gasteiger partial charge on any atom is -0.422 e. The van der Waals surface area contributed by atoms with Crippen molar-refractivity contribution in [1.29, 1.82) is 0 Å². The Kier molecular flexibility index (Phi) is 3.07. The van der Waals surface area contributed by atoms with Gasteiger partial charge in [-0.05, 0) is 11.5 Å². The highest BCUT2D eigenvalue weighted by molar-refractivity contribution is 5.64. The highest BCUT2D eigenvalue weighted by Crippen LogP contribution is 2.43. The largest absolute Gasteiger partial charge is 0.509 e. The lowest BCUT2D eigenvalue weighted by atomic mass is 9.82. The van der Waals surface area contributed by atoms with E-state index in [0.717, 1.165) is 5.56 Å². The van der Waals surface area contributed by atoms with Crippen LogP contribution in [-0.2, 0) is 9.47 Å². The maximum absolute atomic E-state index is 11.4. The van der Waals surface area contributed by atoms with E-state index in [1.165, 1.54) is 0 Å². The number of hydrogen-bond acceptors (Lipinski definition) is 4. The van der Waals surface area contributed by atoms with E-state index in [2.05, 4.69) is 0 Å². The zero-order valence-corrected chi connectivity index (χ0v) is 9.92. The first-order valence-corrected chi connectivity index (χ1v) is 5.65. The predicted molar refractivity (Wildman–Crippen MR) is 61.4 cm³/mol. The average Bonchev–Trinajstić information content (AvgIpc) is 2.69. The molecular weight excluding hydrogens is 220 g/mol. The van der Waals surface area contributed by atoms with Crippen LogP contribution >= 0.6 is 0 Å². The minimum absolute atomic E-state index is 0.0378. The summed E-state index contributed by atoms with van der Waals surface area (Å²) in [6.45, 7) is 3.54. The third-order valence-corrected chi connectivity index (χ3v) is 3.26. The topological polar surface area (TPSA) is 55.8 Å². The second-order valence-electron chi connectivity index (χ2n) is 4.53. The lowest BCUT2D eigenvalue weighted by Gasteiger charge is -2.32. The Morgan fingerprint density at radius 1 is 1.35 bits per heavy atom. The molecule has 0 saturated carbocycles. The van der Waals surface area contributed by atoms with Gasteiger partial charge in [-0.15, -0.1) is 0 Å². The molecule has 0 bridgehead atoms. The molecule has 0 aliphatic carbocycles. The Bertz CT molecular complexity index is 401. The van der Waals surface area contributed by atoms with Crippen molar-refractivity contribution in [1.82, 2.24) is 0 Å². The molecule has 2 rings (SSSR count). The van der Waals surface area contributed by atoms with E-state index >= 15 is 0 Å². The van der Waals surface area contributed by atoms with Gasteiger partial charge in [-0.3, -0.25) is 0 Å². The number of benzene rings is 1. The van der Waals surface area contributed by atoms with Gasteiger partial charge in [0.25, 0.3) is 0 Å². The Balaban J connectivity index is 2.41. The van der Waals surface area contributed by atoms with Gasteiger partial charge in [0.1, 0.15) is 0 Å². The van der Waals surface area contributed by atoms with Crippen LogP contribution in [0, 0.1) is 5.92 Å². The van der Waals surface area contributed by atoms with Crippen molar-refractivity contribution in [3.63, 3.8) is 0 Å². The van der Waals surface area contributed by atoms with Gasteiger partial charge in [0.05, 0.1) is 6.61 Å². The van der Waals surface area contributed by atoms with E-state index in [0.29, 0.717) is 0 Å². The van der Waals surface area contributed by atoms with Gasteiger partial charge < -0.3 is 14.6 Å². The summed E-state index contributed by atoms with van der Waals surface area (Å²) >= 11 is 0. The van der Waals surface area contributed by atoms with Crippen molar-refractivity contribution in [2.24, 2.45) is 5.92 Å². The molecular formula is C13H16O4. The molecule has 2 atom stereocenters. The number of aliphatic hydroxyl groups is 1. The lowest BCUT2D eigenvalue weighted by Crippen LogP contribution is -2.43. The van der Waals surface area contributed by atoms with Crippen molar-refractivity contribution in [2.75, 3.05) is 6.61 Å². The first-order chi connectivity index (χ1) is 8.10. The van der Waals surface area contributed by atoms with Gasteiger partial charge in [0.2, 0.25) is 0 Å². The SMILES string of the molecule is CC(C)[C@]1(CO)OC(=O)O[C@H]1c1ccccc1. The summed E-state index contributed by atoms with van der Waals surface area (Å²) in [6.07, 6.45) is -1.28. The minimum atomic E-state index is -0.988. The summed E-state index contributed by atoms with van der Waals surface area (Å²) in [6, 6.07) is 9.34. The summed E-state index contributed by atoms with van der Waals surface area (Å²) in [4.78, 5) is 11.4. The lowest BCUT2D eigenvalue weighted by molar-refractivity contribution is -0.0574. The molecule has 1 fully saturated rings. The first kappa shape index (κ1) is 11.9. The molecule has 0 amide bonds. The van der Waals surface area contributed by atoms with Crippen molar-refractivity contribution in [3.8, 4) is 0 Å². The second kappa shape index (κ2) is 4.37. The van der Waals surface area contributed by atoms with Crippen LogP contribution in [0.2, 0.25) is 0 Å². The van der Waals surface area contributed by atoms with Gasteiger partial charge in [-0.25, -0.2) is 4.79 Å². The molecule has 1 aromatic carbocycles. The first-order valence-electron chi connectivity index (χ1n) is 5.65. The molecule has 1 heterocycles. The van der Waals surface area contributed by atoms with E-state index in [4.69, 9.17) is 9.47 Å². The molecule has 17 heavy (non-hydrogen) atoms. The Morgan fingerprint density at radius 2 is 2.00 bits per heavy atom. The smallest absolute Gasteiger partial charge is 0.422 e. The molecule has 0 radical (unpaired) electrons. The van der Waals surface area contributed by atoms with Crippen molar-refractivity contribution in [3.05, 3.63) is 35.9 Å². The van der Waals surface area contributed by atoms with E-state index in [1.807, 2.05) is 44.2 Å². The predicted octanol–water partition coefficient (Wildman–Crippen LogP) is 2.28. The monoisotopic (exact) mass is 236 g/mol. The summed E-state index contributed by atoms with van der Waals surface area (Å²) in [5.41, 5.74) is -0.153. The fourth-order valence-corrected chi connectivity index (χ4v) is 2.13. The molecule has 0 unspecified atom stereocenters. The van der Waals surface area contributed by atoms with E-state index in [-0.39, 0.29) is 12.5 Å². The molecule has 1 aromatic rings. The van der Waals surface area contributed by atoms with Crippen molar-refractivity contribution in [2.45, 2.75) is 25.6 Å². The molecule has 1 aliphatic rings. The second-order valence-corrected chi connectivity index (χ2v) is 4.53. The maximum atomic E-state index is 11.4. The van der Waals surface area contributed by atoms with E-state index in [9.17, 15) is 9.90 Å². The Hall–Kier alpha value is -1.55. The summed E-state index contributed by atoms with van der Waals surface area (Å²) in [5, 5.41) is 9.58. The van der Waals surface area contributed by atoms with Gasteiger partial charge in [-0.2, -0.15) is 0 Å². The average molecular weight is 236 g/mol. The normalized spacial score (nSPS) is 28.0. The molecule has 92 valence electrons. The molecule has 0 spiro atoms. The number of rotatable bonds is 3. The van der Waals surface area contributed by atoms with Crippen LogP contribution in [0.15, 0.2) is 30.3 Å². The van der Waals surface area contributed by atoms with Gasteiger partial charge >= 0.3 is 6.16 Å². The molecule has 1 saturated heterocycles. The third-order valence-electron chi connectivity index (χ3n) is 3.26. The van der Waals surface area contributed by atoms with Crippen LogP contribution in [0.5, 0.6) is 0 Å². The number of cyclic esters (lactones) is 2. The maximum Gasteiger partial charge on any atom is 0.509 e. The van der Waals surface area contributed by atoms with Crippen LogP contribution in [0.25, 0.3) is 0 Å². The molecule has 1 aliphatic heterocycles. The molecule has 4 nitrogen and oxygen atoms in total. The summed E-state index contributed by atoms with van der Waals surface area (Å²) < 4.78 is 10.4. The highest BCUT2D eigenvalue weighted by Gasteiger charge is 2.54. The van der Waals surface area contributed by atoms with Gasteiger partial charge in [-0.1, -0.05) is 44.2 Å². The Labute approximate surface area is 100 Å². The van der Waals surface area contributed by atoms with Crippen LogP contribution in [0.3, 0.4) is 0 Å². The van der Waals surface area contributed by atoms with Crippen LogP contribution < -0.4 is 0 Å². The number of carbonyl (C=O) groups is 1. The standard InChI is InChI=1S/C13H16O4/c1-9(2)13(8-14)11(16-12(15)17-13)10-6-4-3-5-7-10/h3-7,9,11,14H,8H2,1-2H3/t11-,13-/m0/s1. The van der Waals surface area contributed by atoms with Crippen molar-refractivity contribution < 1.29 is 19.4 Å². The van der Waals surface area contributed by atoms with Gasteiger partial charge in [0, 0.05) is 0 Å². The highest BCUT2D eigenvalue weighted by atomic mass is 16.8. The van der Waals surface area contributed by atoms with Crippen LogP contribution in [0.4, 0.5) is 4.79 Å². The Morgan fingerprint density at radius 3 is 2.53 bits per heavy atom. The van der Waals surface area contributed by atoms with Crippen LogP contribution in [-0.4, -0.2) is 23.5 Å². The molecule has 0 aromatic heterocycles. The van der Waals surface area contributed by atoms with E-state index < -0.39 is 17.9 Å². The number of hydrogen-bond donors (Lipinski definition) is 1.